The van der Waals surface area contributed by atoms with Crippen molar-refractivity contribution in [2.24, 2.45) is 0 Å². The molecule has 0 fully saturated rings. The van der Waals surface area contributed by atoms with E-state index in [2.05, 4.69) is 26.0 Å². The fourth-order valence-electron chi connectivity index (χ4n) is 6.05. The molecule has 0 amide bonds. The third kappa shape index (κ3) is 47.5. The van der Waals surface area contributed by atoms with E-state index in [0.717, 1.165) is 26.1 Å². The Kier molecular flexibility index (Phi) is 48.0. The molecule has 0 rings (SSSR count). The smallest absolute Gasteiger partial charge is 0.0701 e. The molecule has 0 aliphatic rings. The molecular weight excluding hydrogens is 624 g/mol. The van der Waals surface area contributed by atoms with Gasteiger partial charge in [0, 0.05) is 13.2 Å². The van der Waals surface area contributed by atoms with Crippen LogP contribution in [0.4, 0.5) is 0 Å². The number of unbranched alkanes of at least 4 members (excludes halogenated alkanes) is 25. The minimum Gasteiger partial charge on any atom is -0.379 e. The molecule has 6 nitrogen and oxygen atoms in total. The molecule has 0 aromatic rings. The molecule has 50 heavy (non-hydrogen) atoms. The average molecular weight is 713 g/mol. The lowest BCUT2D eigenvalue weighted by molar-refractivity contribution is -0.0169. The molecule has 6 heteroatoms. The summed E-state index contributed by atoms with van der Waals surface area (Å²) in [4.78, 5) is 0. The van der Waals surface area contributed by atoms with Crippen molar-refractivity contribution in [3.63, 3.8) is 0 Å². The highest BCUT2D eigenvalue weighted by atomic mass is 16.6. The molecule has 0 heterocycles. The predicted octanol–water partition coefficient (Wildman–Crippen LogP) is 12.6. The molecule has 0 aromatic heterocycles. The molecule has 300 valence electrons. The van der Waals surface area contributed by atoms with Gasteiger partial charge in [-0.15, -0.1) is 0 Å². The SMILES string of the molecule is CCCCCCCC/C=C\CCCCCCCCOCCOCCOCCOCCOCCOCCCCCCCCCCCCCCCC. The standard InChI is InChI=1S/C44H88O6/c1-3-5-7-9-11-13-15-17-19-20-22-24-26-28-30-32-34-46-36-38-48-40-42-50-44-43-49-41-39-47-37-35-45-33-31-29-27-25-23-21-18-16-14-12-10-8-6-4-2/h17,19H,3-16,18,20-44H2,1-2H3/b19-17-. The Labute approximate surface area is 312 Å². The summed E-state index contributed by atoms with van der Waals surface area (Å²) in [6, 6.07) is 0. The molecule has 0 atom stereocenters. The van der Waals surface area contributed by atoms with Gasteiger partial charge >= 0.3 is 0 Å². The molecule has 0 aromatic carbocycles. The summed E-state index contributed by atoms with van der Waals surface area (Å²) in [7, 11) is 0. The van der Waals surface area contributed by atoms with E-state index in [1.165, 1.54) is 167 Å². The van der Waals surface area contributed by atoms with Gasteiger partial charge < -0.3 is 28.4 Å². The number of ether oxygens (including phenoxy) is 6. The normalized spacial score (nSPS) is 11.8. The van der Waals surface area contributed by atoms with E-state index in [-0.39, 0.29) is 0 Å². The summed E-state index contributed by atoms with van der Waals surface area (Å²) in [5, 5.41) is 0. The van der Waals surface area contributed by atoms with E-state index in [4.69, 9.17) is 28.4 Å². The van der Waals surface area contributed by atoms with E-state index < -0.39 is 0 Å². The van der Waals surface area contributed by atoms with Gasteiger partial charge in [-0.2, -0.15) is 0 Å². The first-order valence-electron chi connectivity index (χ1n) is 22.0. The lowest BCUT2D eigenvalue weighted by Crippen LogP contribution is -2.14. The second-order valence-electron chi connectivity index (χ2n) is 14.2. The predicted molar refractivity (Wildman–Crippen MR) is 215 cm³/mol. The van der Waals surface area contributed by atoms with Crippen molar-refractivity contribution >= 4 is 0 Å². The van der Waals surface area contributed by atoms with E-state index in [0.29, 0.717) is 66.1 Å². The highest BCUT2D eigenvalue weighted by Crippen LogP contribution is 2.13. The molecule has 0 saturated carbocycles. The van der Waals surface area contributed by atoms with Crippen molar-refractivity contribution in [1.29, 1.82) is 0 Å². The number of hydrogen-bond donors (Lipinski definition) is 0. The van der Waals surface area contributed by atoms with Gasteiger partial charge in [0.15, 0.2) is 0 Å². The summed E-state index contributed by atoms with van der Waals surface area (Å²) < 4.78 is 33.7. The Bertz CT molecular complexity index is 601. The van der Waals surface area contributed by atoms with Gasteiger partial charge in [0.2, 0.25) is 0 Å². The van der Waals surface area contributed by atoms with Crippen LogP contribution in [0.15, 0.2) is 12.2 Å². The topological polar surface area (TPSA) is 55.4 Å². The molecule has 0 bridgehead atoms. The Morgan fingerprint density at radius 1 is 0.220 bits per heavy atom. The molecule has 0 radical (unpaired) electrons. The summed E-state index contributed by atoms with van der Waals surface area (Å²) in [6.07, 6.45) is 42.9. The second-order valence-corrected chi connectivity index (χ2v) is 14.2. The van der Waals surface area contributed by atoms with Gasteiger partial charge in [0.05, 0.1) is 66.1 Å². The average Bonchev–Trinajstić information content (AvgIpc) is 3.13. The first kappa shape index (κ1) is 49.5. The van der Waals surface area contributed by atoms with Crippen LogP contribution in [-0.4, -0.2) is 79.3 Å². The third-order valence-electron chi connectivity index (χ3n) is 9.30. The lowest BCUT2D eigenvalue weighted by atomic mass is 10.0. The van der Waals surface area contributed by atoms with Crippen molar-refractivity contribution in [3.05, 3.63) is 12.2 Å². The van der Waals surface area contributed by atoms with Crippen LogP contribution < -0.4 is 0 Å². The zero-order valence-electron chi connectivity index (χ0n) is 33.9. The molecule has 0 aliphatic heterocycles. The van der Waals surface area contributed by atoms with Gasteiger partial charge in [0.1, 0.15) is 0 Å². The largest absolute Gasteiger partial charge is 0.379 e. The Hall–Kier alpha value is -0.500. The van der Waals surface area contributed by atoms with Crippen LogP contribution in [0, 0.1) is 0 Å². The van der Waals surface area contributed by atoms with Crippen molar-refractivity contribution in [2.75, 3.05) is 79.3 Å². The Morgan fingerprint density at radius 3 is 0.680 bits per heavy atom. The molecule has 0 N–H and O–H groups in total. The van der Waals surface area contributed by atoms with Gasteiger partial charge in [-0.25, -0.2) is 0 Å². The molecule has 0 spiro atoms. The van der Waals surface area contributed by atoms with E-state index >= 15 is 0 Å². The molecule has 0 saturated heterocycles. The van der Waals surface area contributed by atoms with Crippen LogP contribution in [0.25, 0.3) is 0 Å². The van der Waals surface area contributed by atoms with Crippen molar-refractivity contribution < 1.29 is 28.4 Å². The maximum absolute atomic E-state index is 5.70. The fourth-order valence-corrected chi connectivity index (χ4v) is 6.05. The monoisotopic (exact) mass is 713 g/mol. The van der Waals surface area contributed by atoms with Gasteiger partial charge in [-0.3, -0.25) is 0 Å². The maximum Gasteiger partial charge on any atom is 0.0701 e. The zero-order valence-corrected chi connectivity index (χ0v) is 33.9. The maximum atomic E-state index is 5.70. The molecule has 0 unspecified atom stereocenters. The van der Waals surface area contributed by atoms with Gasteiger partial charge in [-0.1, -0.05) is 167 Å². The number of rotatable bonds is 46. The summed E-state index contributed by atoms with van der Waals surface area (Å²) in [6.45, 7) is 12.4. The highest BCUT2D eigenvalue weighted by Gasteiger charge is 1.97. The van der Waals surface area contributed by atoms with Gasteiger partial charge in [0.25, 0.3) is 0 Å². The number of hydrogen-bond acceptors (Lipinski definition) is 6. The van der Waals surface area contributed by atoms with Crippen molar-refractivity contribution in [3.8, 4) is 0 Å². The van der Waals surface area contributed by atoms with Crippen LogP contribution in [-0.2, 0) is 28.4 Å². The van der Waals surface area contributed by atoms with Crippen LogP contribution in [0.2, 0.25) is 0 Å². The van der Waals surface area contributed by atoms with Crippen LogP contribution in [0.5, 0.6) is 0 Å². The Morgan fingerprint density at radius 2 is 0.420 bits per heavy atom. The van der Waals surface area contributed by atoms with Crippen LogP contribution in [0.1, 0.15) is 194 Å². The lowest BCUT2D eigenvalue weighted by Gasteiger charge is -2.08. The fraction of sp³-hybridized carbons (Fsp3) is 0.955. The minimum absolute atomic E-state index is 0.581. The van der Waals surface area contributed by atoms with Crippen LogP contribution in [0.3, 0.4) is 0 Å². The van der Waals surface area contributed by atoms with Gasteiger partial charge in [-0.05, 0) is 38.5 Å². The van der Waals surface area contributed by atoms with E-state index in [9.17, 15) is 0 Å². The first-order chi connectivity index (χ1) is 24.9. The first-order valence-corrected chi connectivity index (χ1v) is 22.0. The molecule has 0 aliphatic carbocycles. The third-order valence-corrected chi connectivity index (χ3v) is 9.30. The zero-order chi connectivity index (χ0) is 35.9. The Balaban J connectivity index is 3.06. The highest BCUT2D eigenvalue weighted by molar-refractivity contribution is 4.81. The summed E-state index contributed by atoms with van der Waals surface area (Å²) in [5.74, 6) is 0. The summed E-state index contributed by atoms with van der Waals surface area (Å²) >= 11 is 0. The molecular formula is C44H88O6. The van der Waals surface area contributed by atoms with E-state index in [1.807, 2.05) is 0 Å². The quantitative estimate of drug-likeness (QED) is 0.0463. The number of allylic oxidation sites excluding steroid dienone is 2. The van der Waals surface area contributed by atoms with Crippen molar-refractivity contribution in [2.45, 2.75) is 194 Å². The minimum atomic E-state index is 0.581. The summed E-state index contributed by atoms with van der Waals surface area (Å²) in [5.41, 5.74) is 0. The van der Waals surface area contributed by atoms with Crippen LogP contribution >= 0.6 is 0 Å². The van der Waals surface area contributed by atoms with Crippen molar-refractivity contribution in [1.82, 2.24) is 0 Å². The second kappa shape index (κ2) is 48.5. The van der Waals surface area contributed by atoms with E-state index in [1.54, 1.807) is 0 Å².